The van der Waals surface area contributed by atoms with Crippen LogP contribution in [0.5, 0.6) is 5.75 Å². The van der Waals surface area contributed by atoms with Crippen molar-refractivity contribution in [2.45, 2.75) is 0 Å². The van der Waals surface area contributed by atoms with Crippen LogP contribution in [-0.2, 0) is 0 Å². The maximum Gasteiger partial charge on any atom is 0.319 e. The number of nitrogens with zero attached hydrogens (tertiary/aromatic N) is 5. The third kappa shape index (κ3) is 3.29. The fourth-order valence-electron chi connectivity index (χ4n) is 2.99. The molecule has 2 amide bonds. The number of carbonyl (C=O) groups is 1. The molecule has 1 aromatic carbocycles. The third-order valence-corrected chi connectivity index (χ3v) is 4.35. The minimum Gasteiger partial charge on any atom is -0.497 e. The monoisotopic (exact) mass is 339 g/mol. The van der Waals surface area contributed by atoms with Gasteiger partial charge in [-0.15, -0.1) is 0 Å². The van der Waals surface area contributed by atoms with Gasteiger partial charge in [0.05, 0.1) is 18.2 Å². The number of amides is 2. The topological polar surface area (TPSA) is 72.7 Å². The van der Waals surface area contributed by atoms with E-state index in [0.29, 0.717) is 37.6 Å². The van der Waals surface area contributed by atoms with Crippen LogP contribution in [-0.4, -0.2) is 68.2 Å². The van der Waals surface area contributed by atoms with Crippen molar-refractivity contribution >= 4 is 22.8 Å². The Morgan fingerprint density at radius 1 is 1.24 bits per heavy atom. The van der Waals surface area contributed by atoms with Gasteiger partial charge in [0.2, 0.25) is 0 Å². The molecule has 0 atom stereocenters. The number of hydrogen-bond donors (Lipinski definition) is 0. The first-order valence-electron chi connectivity index (χ1n) is 8.13. The summed E-state index contributed by atoms with van der Waals surface area (Å²) in [7, 11) is 5.12. The summed E-state index contributed by atoms with van der Waals surface area (Å²) >= 11 is 0. The molecule has 0 aliphatic carbocycles. The van der Waals surface area contributed by atoms with Crippen LogP contribution in [0.1, 0.15) is 5.56 Å². The van der Waals surface area contributed by atoms with Crippen LogP contribution in [0, 0.1) is 11.3 Å². The first kappa shape index (κ1) is 16.8. The highest BCUT2D eigenvalue weighted by Crippen LogP contribution is 2.26. The van der Waals surface area contributed by atoms with E-state index in [-0.39, 0.29) is 6.03 Å². The molecule has 2 aromatic rings. The first-order valence-corrected chi connectivity index (χ1v) is 8.13. The highest BCUT2D eigenvalue weighted by Gasteiger charge is 2.24. The highest BCUT2D eigenvalue weighted by atomic mass is 16.5. The van der Waals surface area contributed by atoms with Crippen molar-refractivity contribution in [2.24, 2.45) is 0 Å². The molecule has 0 bridgehead atoms. The Hall–Kier alpha value is -3.01. The summed E-state index contributed by atoms with van der Waals surface area (Å²) in [5.41, 5.74) is 1.36. The maximum atomic E-state index is 12.1. The molecule has 0 radical (unpaired) electrons. The van der Waals surface area contributed by atoms with Crippen molar-refractivity contribution in [1.82, 2.24) is 14.8 Å². The normalized spacial score (nSPS) is 14.3. The summed E-state index contributed by atoms with van der Waals surface area (Å²) in [6.07, 6.45) is 0. The number of benzene rings is 1. The predicted molar refractivity (Wildman–Crippen MR) is 95.9 cm³/mol. The van der Waals surface area contributed by atoms with E-state index >= 15 is 0 Å². The molecule has 0 unspecified atom stereocenters. The Balaban J connectivity index is 1.86. The Morgan fingerprint density at radius 2 is 1.96 bits per heavy atom. The molecule has 1 saturated heterocycles. The smallest absolute Gasteiger partial charge is 0.319 e. The van der Waals surface area contributed by atoms with Crippen LogP contribution in [0.15, 0.2) is 24.3 Å². The molecule has 1 aliphatic heterocycles. The molecule has 1 fully saturated rings. The van der Waals surface area contributed by atoms with Gasteiger partial charge in [-0.1, -0.05) is 0 Å². The first-order chi connectivity index (χ1) is 12.0. The van der Waals surface area contributed by atoms with Gasteiger partial charge in [0, 0.05) is 45.7 Å². The Kier molecular flexibility index (Phi) is 4.61. The molecule has 7 heteroatoms. The summed E-state index contributed by atoms with van der Waals surface area (Å²) < 4.78 is 5.23. The number of carbonyl (C=O) groups excluding carboxylic acids is 1. The minimum atomic E-state index is 0.0127. The van der Waals surface area contributed by atoms with Crippen LogP contribution in [0.3, 0.4) is 0 Å². The van der Waals surface area contributed by atoms with Crippen molar-refractivity contribution in [2.75, 3.05) is 52.3 Å². The van der Waals surface area contributed by atoms with E-state index in [1.54, 1.807) is 26.1 Å². The van der Waals surface area contributed by atoms with E-state index in [0.717, 1.165) is 16.7 Å². The second kappa shape index (κ2) is 6.85. The number of piperazine rings is 1. The van der Waals surface area contributed by atoms with Crippen molar-refractivity contribution in [3.63, 3.8) is 0 Å². The van der Waals surface area contributed by atoms with Gasteiger partial charge in [-0.25, -0.2) is 9.78 Å². The fourth-order valence-corrected chi connectivity index (χ4v) is 2.99. The molecule has 25 heavy (non-hydrogen) atoms. The van der Waals surface area contributed by atoms with E-state index in [2.05, 4.69) is 16.0 Å². The number of pyridine rings is 1. The van der Waals surface area contributed by atoms with Gasteiger partial charge in [0.15, 0.2) is 0 Å². The lowest BCUT2D eigenvalue weighted by atomic mass is 10.1. The van der Waals surface area contributed by atoms with Gasteiger partial charge in [0.1, 0.15) is 17.6 Å². The number of urea groups is 1. The summed E-state index contributed by atoms with van der Waals surface area (Å²) in [4.78, 5) is 22.2. The number of methoxy groups -OCH3 is 1. The molecular weight excluding hydrogens is 318 g/mol. The van der Waals surface area contributed by atoms with E-state index in [1.165, 1.54) is 0 Å². The van der Waals surface area contributed by atoms with Crippen molar-refractivity contribution < 1.29 is 9.53 Å². The van der Waals surface area contributed by atoms with Crippen LogP contribution in [0.2, 0.25) is 0 Å². The van der Waals surface area contributed by atoms with Gasteiger partial charge < -0.3 is 19.4 Å². The van der Waals surface area contributed by atoms with Gasteiger partial charge in [-0.3, -0.25) is 0 Å². The zero-order chi connectivity index (χ0) is 18.0. The van der Waals surface area contributed by atoms with E-state index in [4.69, 9.17) is 4.74 Å². The van der Waals surface area contributed by atoms with Crippen LogP contribution in [0.4, 0.5) is 10.6 Å². The number of nitriles is 1. The summed E-state index contributed by atoms with van der Waals surface area (Å²) in [6, 6.07) is 9.73. The molecule has 0 saturated carbocycles. The Bertz CT molecular complexity index is 835. The van der Waals surface area contributed by atoms with Gasteiger partial charge >= 0.3 is 6.03 Å². The van der Waals surface area contributed by atoms with E-state index < -0.39 is 0 Å². The standard InChI is InChI=1S/C18H21N5O2/c1-21(2)18(24)23-8-6-22(7-9-23)17-14(12-19)10-13-11-15(25-3)4-5-16(13)20-17/h4-5,10-11H,6-9H2,1-3H3. The highest BCUT2D eigenvalue weighted by molar-refractivity contribution is 5.84. The largest absolute Gasteiger partial charge is 0.497 e. The summed E-state index contributed by atoms with van der Waals surface area (Å²) in [6.45, 7) is 2.54. The lowest BCUT2D eigenvalue weighted by Gasteiger charge is -2.36. The average molecular weight is 339 g/mol. The number of aromatic nitrogens is 1. The molecule has 0 spiro atoms. The predicted octanol–water partition coefficient (Wildman–Crippen LogP) is 1.92. The number of rotatable bonds is 2. The van der Waals surface area contributed by atoms with Crippen LogP contribution >= 0.6 is 0 Å². The molecule has 1 aromatic heterocycles. The quantitative estimate of drug-likeness (QED) is 0.836. The Labute approximate surface area is 147 Å². The third-order valence-electron chi connectivity index (χ3n) is 4.35. The van der Waals surface area contributed by atoms with Crippen LogP contribution in [0.25, 0.3) is 10.9 Å². The zero-order valence-corrected chi connectivity index (χ0v) is 14.7. The van der Waals surface area contributed by atoms with E-state index in [9.17, 15) is 10.1 Å². The second-order valence-corrected chi connectivity index (χ2v) is 6.18. The molecule has 0 N–H and O–H groups in total. The maximum absolute atomic E-state index is 12.1. The molecule has 2 heterocycles. The molecule has 7 nitrogen and oxygen atoms in total. The number of fused-ring (bicyclic) bond motifs is 1. The zero-order valence-electron chi connectivity index (χ0n) is 14.7. The SMILES string of the molecule is COc1ccc2nc(N3CCN(C(=O)N(C)C)CC3)c(C#N)cc2c1. The Morgan fingerprint density at radius 3 is 2.56 bits per heavy atom. The number of hydrogen-bond acceptors (Lipinski definition) is 5. The van der Waals surface area contributed by atoms with Gasteiger partial charge in [-0.05, 0) is 24.3 Å². The lowest BCUT2D eigenvalue weighted by Crippen LogP contribution is -2.51. The average Bonchev–Trinajstić information content (AvgIpc) is 2.65. The van der Waals surface area contributed by atoms with Crippen LogP contribution < -0.4 is 9.64 Å². The number of ether oxygens (including phenoxy) is 1. The molecular formula is C18H21N5O2. The molecule has 130 valence electrons. The summed E-state index contributed by atoms with van der Waals surface area (Å²) in [5.74, 6) is 1.42. The number of anilines is 1. The molecule has 1 aliphatic rings. The van der Waals surface area contributed by atoms with Crippen molar-refractivity contribution in [1.29, 1.82) is 5.26 Å². The molecule has 3 rings (SSSR count). The van der Waals surface area contributed by atoms with Crippen molar-refractivity contribution in [3.05, 3.63) is 29.8 Å². The minimum absolute atomic E-state index is 0.0127. The van der Waals surface area contributed by atoms with Gasteiger partial charge in [-0.2, -0.15) is 5.26 Å². The van der Waals surface area contributed by atoms with Crippen molar-refractivity contribution in [3.8, 4) is 11.8 Å². The second-order valence-electron chi connectivity index (χ2n) is 6.18. The lowest BCUT2D eigenvalue weighted by molar-refractivity contribution is 0.168. The summed E-state index contributed by atoms with van der Waals surface area (Å²) in [5, 5.41) is 10.4. The van der Waals surface area contributed by atoms with E-state index in [1.807, 2.05) is 29.2 Å². The van der Waals surface area contributed by atoms with Gasteiger partial charge in [0.25, 0.3) is 0 Å². The fraction of sp³-hybridized carbons (Fsp3) is 0.389.